The van der Waals surface area contributed by atoms with Gasteiger partial charge >= 0.3 is 6.03 Å². The predicted octanol–water partition coefficient (Wildman–Crippen LogP) is 2.60. The predicted molar refractivity (Wildman–Crippen MR) is 106 cm³/mol. The Kier molecular flexibility index (Phi) is 5.25. The Labute approximate surface area is 171 Å². The Hall–Kier alpha value is -4.01. The van der Waals surface area contributed by atoms with Gasteiger partial charge in [-0.1, -0.05) is 30.3 Å². The molecule has 0 aliphatic carbocycles. The highest BCUT2D eigenvalue weighted by Gasteiger charge is 2.30. The second-order valence-electron chi connectivity index (χ2n) is 6.86. The van der Waals surface area contributed by atoms with Crippen LogP contribution in [0.4, 0.5) is 15.0 Å². The number of nitrogens with zero attached hydrogens (tertiary/aromatic N) is 2. The number of amides is 4. The fourth-order valence-electron chi connectivity index (χ4n) is 3.19. The van der Waals surface area contributed by atoms with Crippen molar-refractivity contribution >= 4 is 23.7 Å². The first-order chi connectivity index (χ1) is 14.5. The molecule has 3 N–H and O–H groups in total. The topological polar surface area (TPSA) is 107 Å². The molecule has 0 radical (unpaired) electrons. The van der Waals surface area contributed by atoms with Crippen LogP contribution >= 0.6 is 0 Å². The van der Waals surface area contributed by atoms with Crippen molar-refractivity contribution < 1.29 is 18.8 Å². The number of aromatic nitrogens is 2. The maximum atomic E-state index is 13.0. The molecule has 9 heteroatoms. The van der Waals surface area contributed by atoms with Gasteiger partial charge in [-0.25, -0.2) is 9.18 Å². The van der Waals surface area contributed by atoms with E-state index in [0.29, 0.717) is 28.2 Å². The van der Waals surface area contributed by atoms with E-state index in [1.807, 2.05) is 0 Å². The number of aromatic amines is 1. The molecule has 0 atom stereocenters. The summed E-state index contributed by atoms with van der Waals surface area (Å²) < 4.78 is 13.0. The molecule has 0 fully saturated rings. The highest BCUT2D eigenvalue weighted by atomic mass is 19.1. The number of anilines is 1. The molecule has 8 nitrogen and oxygen atoms in total. The number of fused-ring (bicyclic) bond motifs is 1. The maximum Gasteiger partial charge on any atom is 0.324 e. The van der Waals surface area contributed by atoms with Crippen molar-refractivity contribution in [1.82, 2.24) is 20.4 Å². The highest BCUT2D eigenvalue weighted by Crippen LogP contribution is 2.27. The summed E-state index contributed by atoms with van der Waals surface area (Å²) in [6.45, 7) is 0.416. The average Bonchev–Trinajstić information content (AvgIpc) is 3.32. The van der Waals surface area contributed by atoms with Crippen molar-refractivity contribution in [2.24, 2.45) is 0 Å². The number of nitrogens with one attached hydrogen (secondary N) is 3. The second-order valence-corrected chi connectivity index (χ2v) is 6.86. The highest BCUT2D eigenvalue weighted by molar-refractivity contribution is 6.04. The van der Waals surface area contributed by atoms with Crippen LogP contribution in [-0.2, 0) is 24.3 Å². The Bertz CT molecular complexity index is 1100. The maximum absolute atomic E-state index is 13.0. The standard InChI is InChI=1S/C21H18FN5O3/c22-15-8-6-13(7-9-15)10-18(28)23-19-16-11-27(12-17(16)25-26-19)21(30)24-20(29)14-4-2-1-3-5-14/h1-9H,10-12H2,(H,24,29,30)(H2,23,25,26,28). The molecular weight excluding hydrogens is 389 g/mol. The summed E-state index contributed by atoms with van der Waals surface area (Å²) in [4.78, 5) is 38.3. The summed E-state index contributed by atoms with van der Waals surface area (Å²) in [6.07, 6.45) is 0.0733. The van der Waals surface area contributed by atoms with Gasteiger partial charge in [0.05, 0.1) is 25.2 Å². The van der Waals surface area contributed by atoms with Gasteiger partial charge in [0.15, 0.2) is 0 Å². The van der Waals surface area contributed by atoms with E-state index in [2.05, 4.69) is 20.8 Å². The number of carbonyl (C=O) groups is 3. The van der Waals surface area contributed by atoms with E-state index in [1.165, 1.54) is 17.0 Å². The monoisotopic (exact) mass is 407 g/mol. The van der Waals surface area contributed by atoms with Gasteiger partial charge in [0.2, 0.25) is 5.91 Å². The number of H-pyrrole nitrogens is 1. The van der Waals surface area contributed by atoms with Crippen molar-refractivity contribution in [2.45, 2.75) is 19.5 Å². The van der Waals surface area contributed by atoms with E-state index in [-0.39, 0.29) is 31.2 Å². The van der Waals surface area contributed by atoms with Crippen molar-refractivity contribution in [2.75, 3.05) is 5.32 Å². The first kappa shape index (κ1) is 19.3. The quantitative estimate of drug-likeness (QED) is 0.618. The Balaban J connectivity index is 1.36. The van der Waals surface area contributed by atoms with Crippen molar-refractivity contribution in [3.05, 3.63) is 82.8 Å². The molecule has 30 heavy (non-hydrogen) atoms. The SMILES string of the molecule is O=C(Cc1ccc(F)cc1)Nc1[nH]nc2c1CN(C(=O)NC(=O)c1ccccc1)C2. The average molecular weight is 407 g/mol. The lowest BCUT2D eigenvalue weighted by atomic mass is 10.1. The first-order valence-electron chi connectivity index (χ1n) is 9.25. The van der Waals surface area contributed by atoms with Gasteiger partial charge in [-0.05, 0) is 29.8 Å². The molecule has 3 aromatic rings. The summed E-state index contributed by atoms with van der Waals surface area (Å²) in [5, 5.41) is 12.0. The van der Waals surface area contributed by atoms with Gasteiger partial charge in [0.1, 0.15) is 11.6 Å². The van der Waals surface area contributed by atoms with E-state index in [9.17, 15) is 18.8 Å². The largest absolute Gasteiger partial charge is 0.324 e. The summed E-state index contributed by atoms with van der Waals surface area (Å²) >= 11 is 0. The van der Waals surface area contributed by atoms with Gasteiger partial charge in [0.25, 0.3) is 5.91 Å². The molecule has 0 unspecified atom stereocenters. The zero-order valence-corrected chi connectivity index (χ0v) is 15.8. The molecule has 4 rings (SSSR count). The molecule has 0 spiro atoms. The molecule has 2 aromatic carbocycles. The molecular formula is C21H18FN5O3. The van der Waals surface area contributed by atoms with Crippen molar-refractivity contribution in [3.63, 3.8) is 0 Å². The Morgan fingerprint density at radius 3 is 2.50 bits per heavy atom. The molecule has 1 aromatic heterocycles. The van der Waals surface area contributed by atoms with Crippen LogP contribution in [0.5, 0.6) is 0 Å². The van der Waals surface area contributed by atoms with E-state index in [4.69, 9.17) is 0 Å². The third-order valence-corrected chi connectivity index (χ3v) is 4.73. The number of imide groups is 1. The van der Waals surface area contributed by atoms with E-state index in [1.54, 1.807) is 42.5 Å². The third-order valence-electron chi connectivity index (χ3n) is 4.73. The van der Waals surface area contributed by atoms with Crippen LogP contribution in [0.25, 0.3) is 0 Å². The van der Waals surface area contributed by atoms with Gasteiger partial charge in [0, 0.05) is 11.1 Å². The Morgan fingerprint density at radius 1 is 1.03 bits per heavy atom. The third kappa shape index (κ3) is 4.19. The molecule has 0 saturated carbocycles. The van der Waals surface area contributed by atoms with Crippen molar-refractivity contribution in [3.8, 4) is 0 Å². The second kappa shape index (κ2) is 8.16. The molecule has 1 aliphatic rings. The lowest BCUT2D eigenvalue weighted by Gasteiger charge is -2.16. The van der Waals surface area contributed by atoms with Crippen LogP contribution in [-0.4, -0.2) is 32.9 Å². The molecule has 4 amide bonds. The van der Waals surface area contributed by atoms with Crippen LogP contribution < -0.4 is 10.6 Å². The van der Waals surface area contributed by atoms with Gasteiger partial charge in [-0.15, -0.1) is 0 Å². The number of carbonyl (C=O) groups excluding carboxylic acids is 3. The minimum Gasteiger partial charge on any atom is -0.314 e. The smallest absolute Gasteiger partial charge is 0.314 e. The Morgan fingerprint density at radius 2 is 1.77 bits per heavy atom. The molecule has 0 bridgehead atoms. The summed E-state index contributed by atoms with van der Waals surface area (Å²) in [7, 11) is 0. The van der Waals surface area contributed by atoms with Crippen LogP contribution in [0.3, 0.4) is 0 Å². The van der Waals surface area contributed by atoms with Crippen LogP contribution in [0.1, 0.15) is 27.2 Å². The fraction of sp³-hybridized carbons (Fsp3) is 0.143. The molecule has 1 aliphatic heterocycles. The number of urea groups is 1. The number of rotatable bonds is 4. The van der Waals surface area contributed by atoms with Crippen LogP contribution in [0, 0.1) is 5.82 Å². The lowest BCUT2D eigenvalue weighted by Crippen LogP contribution is -2.40. The zero-order chi connectivity index (χ0) is 21.1. The summed E-state index contributed by atoms with van der Waals surface area (Å²) in [5.41, 5.74) is 2.36. The van der Waals surface area contributed by atoms with Gasteiger partial charge in [-0.2, -0.15) is 5.10 Å². The van der Waals surface area contributed by atoms with Crippen molar-refractivity contribution in [1.29, 1.82) is 0 Å². The fourth-order valence-corrected chi connectivity index (χ4v) is 3.19. The number of hydrogen-bond donors (Lipinski definition) is 3. The van der Waals surface area contributed by atoms with Crippen LogP contribution in [0.2, 0.25) is 0 Å². The molecule has 2 heterocycles. The first-order valence-corrected chi connectivity index (χ1v) is 9.25. The van der Waals surface area contributed by atoms with Crippen LogP contribution in [0.15, 0.2) is 54.6 Å². The summed E-state index contributed by atoms with van der Waals surface area (Å²) in [6, 6.07) is 13.6. The van der Waals surface area contributed by atoms with Gasteiger partial charge in [-0.3, -0.25) is 20.0 Å². The number of hydrogen-bond acceptors (Lipinski definition) is 4. The molecule has 0 saturated heterocycles. The van der Waals surface area contributed by atoms with E-state index >= 15 is 0 Å². The van der Waals surface area contributed by atoms with Gasteiger partial charge < -0.3 is 10.2 Å². The number of benzene rings is 2. The normalized spacial score (nSPS) is 12.4. The van der Waals surface area contributed by atoms with E-state index in [0.717, 1.165) is 0 Å². The van der Waals surface area contributed by atoms with E-state index < -0.39 is 11.9 Å². The minimum absolute atomic E-state index is 0.0733. The zero-order valence-electron chi connectivity index (χ0n) is 15.8. The summed E-state index contributed by atoms with van der Waals surface area (Å²) in [5.74, 6) is -0.744. The lowest BCUT2D eigenvalue weighted by molar-refractivity contribution is -0.115. The number of halogens is 1. The minimum atomic E-state index is -0.537. The molecule has 152 valence electrons.